The van der Waals surface area contributed by atoms with Gasteiger partial charge in [-0.2, -0.15) is 0 Å². The fourth-order valence-corrected chi connectivity index (χ4v) is 0.883. The molecule has 0 saturated heterocycles. The third-order valence-corrected chi connectivity index (χ3v) is 1.38. The molecule has 0 spiro atoms. The molecule has 1 aromatic heterocycles. The molecule has 0 radical (unpaired) electrons. The number of hydrogen-bond donors (Lipinski definition) is 2. The number of aryl methyl sites for hydroxylation is 1. The van der Waals surface area contributed by atoms with Crippen molar-refractivity contribution in [2.45, 2.75) is 19.8 Å². The van der Waals surface area contributed by atoms with Gasteiger partial charge < -0.3 is 10.3 Å². The van der Waals surface area contributed by atoms with Crippen LogP contribution in [0.25, 0.3) is 0 Å². The summed E-state index contributed by atoms with van der Waals surface area (Å²) in [4.78, 5) is 7.23. The lowest BCUT2D eigenvalue weighted by Gasteiger charge is -1.91. The van der Waals surface area contributed by atoms with Gasteiger partial charge in [0.2, 0.25) is 0 Å². The zero-order valence-electron chi connectivity index (χ0n) is 6.44. The molecule has 2 N–H and O–H groups in total. The van der Waals surface area contributed by atoms with Crippen molar-refractivity contribution in [3.05, 3.63) is 11.9 Å². The number of anilines is 1. The molecular formula is C7H13N3. The van der Waals surface area contributed by atoms with Crippen LogP contribution >= 0.6 is 0 Å². The number of H-pyrrole nitrogens is 1. The van der Waals surface area contributed by atoms with E-state index in [-0.39, 0.29) is 0 Å². The molecule has 0 saturated carbocycles. The molecule has 0 bridgehead atoms. The lowest BCUT2D eigenvalue weighted by atomic mass is 10.3. The summed E-state index contributed by atoms with van der Waals surface area (Å²) in [6.45, 7) is 2.15. The van der Waals surface area contributed by atoms with Crippen LogP contribution in [0.5, 0.6) is 0 Å². The molecule has 1 heterocycles. The predicted molar refractivity (Wildman–Crippen MR) is 42.1 cm³/mol. The Morgan fingerprint density at radius 2 is 2.50 bits per heavy atom. The van der Waals surface area contributed by atoms with Crippen LogP contribution in [-0.2, 0) is 6.42 Å². The van der Waals surface area contributed by atoms with Crippen LogP contribution in [0.15, 0.2) is 6.20 Å². The van der Waals surface area contributed by atoms with Crippen molar-refractivity contribution in [2.75, 3.05) is 12.4 Å². The Balaban J connectivity index is 2.59. The van der Waals surface area contributed by atoms with Crippen molar-refractivity contribution in [2.24, 2.45) is 0 Å². The number of nitrogens with zero attached hydrogens (tertiary/aromatic N) is 1. The molecule has 0 fully saturated rings. The van der Waals surface area contributed by atoms with Crippen molar-refractivity contribution in [1.29, 1.82) is 0 Å². The minimum atomic E-state index is 0.850. The van der Waals surface area contributed by atoms with Gasteiger partial charge in [-0.25, -0.2) is 4.98 Å². The summed E-state index contributed by atoms with van der Waals surface area (Å²) in [5.41, 5.74) is 1.20. The molecule has 0 aromatic carbocycles. The second-order valence-corrected chi connectivity index (χ2v) is 2.26. The predicted octanol–water partition coefficient (Wildman–Crippen LogP) is 1.40. The van der Waals surface area contributed by atoms with Crippen LogP contribution in [0.2, 0.25) is 0 Å². The third-order valence-electron chi connectivity index (χ3n) is 1.38. The van der Waals surface area contributed by atoms with E-state index >= 15 is 0 Å². The van der Waals surface area contributed by atoms with E-state index in [1.165, 1.54) is 5.69 Å². The van der Waals surface area contributed by atoms with E-state index in [2.05, 4.69) is 22.2 Å². The topological polar surface area (TPSA) is 40.7 Å². The van der Waals surface area contributed by atoms with E-state index in [1.54, 1.807) is 0 Å². The summed E-state index contributed by atoms with van der Waals surface area (Å²) in [7, 11) is 1.86. The minimum absolute atomic E-state index is 0.850. The minimum Gasteiger partial charge on any atom is -0.359 e. The van der Waals surface area contributed by atoms with Gasteiger partial charge in [-0.05, 0) is 6.42 Å². The monoisotopic (exact) mass is 139 g/mol. The molecule has 0 aliphatic rings. The molecule has 0 atom stereocenters. The fourth-order valence-electron chi connectivity index (χ4n) is 0.883. The van der Waals surface area contributed by atoms with Crippen LogP contribution in [0.4, 0.5) is 5.95 Å². The first-order chi connectivity index (χ1) is 4.86. The highest BCUT2D eigenvalue weighted by atomic mass is 15.1. The number of aromatic amines is 1. The molecule has 56 valence electrons. The van der Waals surface area contributed by atoms with Gasteiger partial charge in [0.1, 0.15) is 0 Å². The van der Waals surface area contributed by atoms with Gasteiger partial charge in [0.25, 0.3) is 0 Å². The maximum absolute atomic E-state index is 4.09. The first-order valence-electron chi connectivity index (χ1n) is 3.58. The summed E-state index contributed by atoms with van der Waals surface area (Å²) in [5.74, 6) is 0.850. The highest BCUT2D eigenvalue weighted by Crippen LogP contribution is 2.02. The summed E-state index contributed by atoms with van der Waals surface area (Å²) in [6, 6.07) is 0. The van der Waals surface area contributed by atoms with Crippen molar-refractivity contribution in [1.82, 2.24) is 9.97 Å². The molecule has 1 rings (SSSR count). The Bertz CT molecular complexity index is 192. The number of hydrogen-bond acceptors (Lipinski definition) is 2. The Morgan fingerprint density at radius 3 is 3.00 bits per heavy atom. The molecule has 10 heavy (non-hydrogen) atoms. The molecule has 1 aromatic rings. The molecule has 3 nitrogen and oxygen atoms in total. The largest absolute Gasteiger partial charge is 0.359 e. The molecule has 0 aliphatic heterocycles. The lowest BCUT2D eigenvalue weighted by molar-refractivity contribution is 0.893. The summed E-state index contributed by atoms with van der Waals surface area (Å²) >= 11 is 0. The van der Waals surface area contributed by atoms with Crippen LogP contribution in [0, 0.1) is 0 Å². The first kappa shape index (κ1) is 7.12. The van der Waals surface area contributed by atoms with Crippen LogP contribution in [0.3, 0.4) is 0 Å². The SMILES string of the molecule is CCCc1cnc(NC)[nH]1. The average Bonchev–Trinajstić information content (AvgIpc) is 2.37. The second kappa shape index (κ2) is 3.25. The molecule has 0 aliphatic carbocycles. The highest BCUT2D eigenvalue weighted by molar-refractivity contribution is 5.24. The maximum atomic E-state index is 4.09. The van der Waals surface area contributed by atoms with Crippen LogP contribution in [-0.4, -0.2) is 17.0 Å². The Hall–Kier alpha value is -0.990. The van der Waals surface area contributed by atoms with Crippen molar-refractivity contribution in [3.8, 4) is 0 Å². The number of nitrogens with one attached hydrogen (secondary N) is 2. The van der Waals surface area contributed by atoms with Crippen molar-refractivity contribution >= 4 is 5.95 Å². The third kappa shape index (κ3) is 1.50. The van der Waals surface area contributed by atoms with Crippen molar-refractivity contribution < 1.29 is 0 Å². The Morgan fingerprint density at radius 1 is 1.70 bits per heavy atom. The van der Waals surface area contributed by atoms with E-state index in [9.17, 15) is 0 Å². The Labute approximate surface area is 60.9 Å². The first-order valence-corrected chi connectivity index (χ1v) is 3.58. The number of aromatic nitrogens is 2. The van der Waals surface area contributed by atoms with Gasteiger partial charge in [0, 0.05) is 12.7 Å². The fraction of sp³-hybridized carbons (Fsp3) is 0.571. The van der Waals surface area contributed by atoms with E-state index in [0.717, 1.165) is 18.8 Å². The van der Waals surface area contributed by atoms with E-state index in [1.807, 2.05) is 13.2 Å². The zero-order valence-corrected chi connectivity index (χ0v) is 6.44. The van der Waals surface area contributed by atoms with Gasteiger partial charge in [-0.3, -0.25) is 0 Å². The standard InChI is InChI=1S/C7H13N3/c1-3-4-6-5-9-7(8-2)10-6/h5H,3-4H2,1-2H3,(H2,8,9,10). The average molecular weight is 139 g/mol. The van der Waals surface area contributed by atoms with Gasteiger partial charge in [0.15, 0.2) is 5.95 Å². The summed E-state index contributed by atoms with van der Waals surface area (Å²) < 4.78 is 0. The summed E-state index contributed by atoms with van der Waals surface area (Å²) in [5, 5.41) is 2.94. The normalized spacial score (nSPS) is 9.80. The molecule has 0 amide bonds. The zero-order chi connectivity index (χ0) is 7.40. The lowest BCUT2D eigenvalue weighted by Crippen LogP contribution is -1.89. The van der Waals surface area contributed by atoms with E-state index in [0.29, 0.717) is 0 Å². The summed E-state index contributed by atoms with van der Waals surface area (Å²) in [6.07, 6.45) is 4.11. The molecule has 3 heteroatoms. The maximum Gasteiger partial charge on any atom is 0.200 e. The quantitative estimate of drug-likeness (QED) is 0.664. The molecular weight excluding hydrogens is 126 g/mol. The number of rotatable bonds is 3. The van der Waals surface area contributed by atoms with Crippen LogP contribution < -0.4 is 5.32 Å². The number of imidazole rings is 1. The smallest absolute Gasteiger partial charge is 0.200 e. The van der Waals surface area contributed by atoms with E-state index in [4.69, 9.17) is 0 Å². The van der Waals surface area contributed by atoms with Crippen LogP contribution in [0.1, 0.15) is 19.0 Å². The second-order valence-electron chi connectivity index (χ2n) is 2.26. The van der Waals surface area contributed by atoms with Gasteiger partial charge in [-0.15, -0.1) is 0 Å². The highest BCUT2D eigenvalue weighted by Gasteiger charge is 1.94. The van der Waals surface area contributed by atoms with Gasteiger partial charge in [0.05, 0.1) is 6.20 Å². The van der Waals surface area contributed by atoms with E-state index < -0.39 is 0 Å². The van der Waals surface area contributed by atoms with Gasteiger partial charge in [-0.1, -0.05) is 13.3 Å². The van der Waals surface area contributed by atoms with Gasteiger partial charge >= 0.3 is 0 Å². The Kier molecular flexibility index (Phi) is 2.31. The van der Waals surface area contributed by atoms with Crippen molar-refractivity contribution in [3.63, 3.8) is 0 Å². The molecule has 0 unspecified atom stereocenters.